The molecule has 1 unspecified atom stereocenters. The number of hydrogen-bond donors (Lipinski definition) is 2. The number of ether oxygens (including phenoxy) is 2. The van der Waals surface area contributed by atoms with Crippen molar-refractivity contribution in [2.24, 2.45) is 0 Å². The highest BCUT2D eigenvalue weighted by molar-refractivity contribution is 6.30. The third kappa shape index (κ3) is 4.80. The van der Waals surface area contributed by atoms with E-state index in [1.807, 2.05) is 0 Å². The number of halogens is 3. The van der Waals surface area contributed by atoms with Crippen LogP contribution in [-0.4, -0.2) is 45.5 Å². The summed E-state index contributed by atoms with van der Waals surface area (Å²) in [6.07, 6.45) is -1.29. The van der Waals surface area contributed by atoms with Crippen LogP contribution in [0.2, 0.25) is 5.02 Å². The highest BCUT2D eigenvalue weighted by Crippen LogP contribution is 2.44. The van der Waals surface area contributed by atoms with Crippen molar-refractivity contribution in [3.8, 4) is 5.75 Å². The standard InChI is InChI=1S/C18H24ClF2NO5/c1-10(22(16(23)24)17(2,3)4)13-7-8-18(25,27-13)12-6-5-11(19)9-14(12)26-15(20)21/h5-6,9-10,13,15,25H,7-8H2,1-4H3,(H,23,24)/t10-,13-,18?/m0/s1. The fourth-order valence-electron chi connectivity index (χ4n) is 3.49. The fourth-order valence-corrected chi connectivity index (χ4v) is 3.66. The summed E-state index contributed by atoms with van der Waals surface area (Å²) >= 11 is 5.84. The lowest BCUT2D eigenvalue weighted by molar-refractivity contribution is -0.212. The van der Waals surface area contributed by atoms with Gasteiger partial charge in [0, 0.05) is 17.0 Å². The fraction of sp³-hybridized carbons (Fsp3) is 0.611. The molecule has 1 saturated heterocycles. The van der Waals surface area contributed by atoms with Crippen LogP contribution in [0.4, 0.5) is 13.6 Å². The quantitative estimate of drug-likeness (QED) is 0.754. The number of aliphatic hydroxyl groups is 1. The number of alkyl halides is 2. The summed E-state index contributed by atoms with van der Waals surface area (Å²) in [5.41, 5.74) is -0.654. The van der Waals surface area contributed by atoms with Gasteiger partial charge in [0.15, 0.2) is 5.79 Å². The molecule has 0 aromatic heterocycles. The first kappa shape index (κ1) is 21.7. The summed E-state index contributed by atoms with van der Waals surface area (Å²) in [5, 5.41) is 20.7. The number of carbonyl (C=O) groups is 1. The van der Waals surface area contributed by atoms with E-state index in [-0.39, 0.29) is 22.8 Å². The number of hydrogen-bond acceptors (Lipinski definition) is 4. The second-order valence-electron chi connectivity index (χ2n) is 7.56. The van der Waals surface area contributed by atoms with Crippen molar-refractivity contribution in [2.45, 2.75) is 70.6 Å². The van der Waals surface area contributed by atoms with Crippen molar-refractivity contribution in [3.63, 3.8) is 0 Å². The Bertz CT molecular complexity index is 697. The van der Waals surface area contributed by atoms with E-state index in [9.17, 15) is 23.8 Å². The van der Waals surface area contributed by atoms with Crippen LogP contribution in [0.25, 0.3) is 0 Å². The van der Waals surface area contributed by atoms with E-state index >= 15 is 0 Å². The summed E-state index contributed by atoms with van der Waals surface area (Å²) in [5.74, 6) is -2.16. The molecule has 1 fully saturated rings. The van der Waals surface area contributed by atoms with Crippen LogP contribution < -0.4 is 4.74 Å². The smallest absolute Gasteiger partial charge is 0.408 e. The van der Waals surface area contributed by atoms with Crippen molar-refractivity contribution in [3.05, 3.63) is 28.8 Å². The summed E-state index contributed by atoms with van der Waals surface area (Å²) in [6.45, 7) is 3.87. The van der Waals surface area contributed by atoms with Crippen LogP contribution in [0.15, 0.2) is 18.2 Å². The van der Waals surface area contributed by atoms with E-state index in [4.69, 9.17) is 16.3 Å². The van der Waals surface area contributed by atoms with Crippen LogP contribution in [0, 0.1) is 0 Å². The lowest BCUT2D eigenvalue weighted by atomic mass is 9.98. The zero-order valence-electron chi connectivity index (χ0n) is 15.6. The van der Waals surface area contributed by atoms with Gasteiger partial charge in [-0.3, -0.25) is 4.90 Å². The molecule has 0 aliphatic carbocycles. The van der Waals surface area contributed by atoms with Gasteiger partial charge in [0.25, 0.3) is 0 Å². The largest absolute Gasteiger partial charge is 0.465 e. The molecule has 0 radical (unpaired) electrons. The average Bonchev–Trinajstić information content (AvgIpc) is 2.88. The molecule has 2 N–H and O–H groups in total. The predicted molar refractivity (Wildman–Crippen MR) is 95.2 cm³/mol. The second-order valence-corrected chi connectivity index (χ2v) is 8.00. The Morgan fingerprint density at radius 3 is 2.59 bits per heavy atom. The maximum atomic E-state index is 12.7. The zero-order valence-corrected chi connectivity index (χ0v) is 16.3. The Kier molecular flexibility index (Phi) is 6.23. The number of nitrogens with zero attached hydrogens (tertiary/aromatic N) is 1. The van der Waals surface area contributed by atoms with Gasteiger partial charge in [0.1, 0.15) is 5.75 Å². The lowest BCUT2D eigenvalue weighted by Gasteiger charge is -2.40. The molecule has 0 saturated carbocycles. The van der Waals surface area contributed by atoms with Crippen LogP contribution in [0.3, 0.4) is 0 Å². The minimum Gasteiger partial charge on any atom is -0.465 e. The van der Waals surface area contributed by atoms with Crippen molar-refractivity contribution in [1.82, 2.24) is 4.90 Å². The summed E-state index contributed by atoms with van der Waals surface area (Å²) in [4.78, 5) is 12.9. The lowest BCUT2D eigenvalue weighted by Crippen LogP contribution is -2.54. The molecule has 2 rings (SSSR count). The minimum absolute atomic E-state index is 0.0273. The first-order chi connectivity index (χ1) is 12.3. The maximum absolute atomic E-state index is 12.7. The van der Waals surface area contributed by atoms with Crippen LogP contribution in [-0.2, 0) is 10.5 Å². The van der Waals surface area contributed by atoms with Gasteiger partial charge in [-0.1, -0.05) is 11.6 Å². The normalized spacial score (nSPS) is 24.1. The topological polar surface area (TPSA) is 79.2 Å². The SMILES string of the molecule is C[C@@H]([C@@H]1CCC(O)(c2ccc(Cl)cc2OC(F)F)O1)N(C(=O)O)C(C)(C)C. The second kappa shape index (κ2) is 7.77. The van der Waals surface area contributed by atoms with Gasteiger partial charge in [-0.15, -0.1) is 0 Å². The summed E-state index contributed by atoms with van der Waals surface area (Å²) in [7, 11) is 0. The Morgan fingerprint density at radius 1 is 1.44 bits per heavy atom. The third-order valence-electron chi connectivity index (χ3n) is 4.57. The molecule has 9 heteroatoms. The van der Waals surface area contributed by atoms with E-state index in [2.05, 4.69) is 4.74 Å². The highest BCUT2D eigenvalue weighted by atomic mass is 35.5. The predicted octanol–water partition coefficient (Wildman–Crippen LogP) is 4.43. The van der Waals surface area contributed by atoms with Crippen LogP contribution >= 0.6 is 11.6 Å². The van der Waals surface area contributed by atoms with Crippen molar-refractivity contribution >= 4 is 17.7 Å². The van der Waals surface area contributed by atoms with E-state index in [1.165, 1.54) is 23.1 Å². The van der Waals surface area contributed by atoms with Gasteiger partial charge >= 0.3 is 12.7 Å². The van der Waals surface area contributed by atoms with Crippen LogP contribution in [0.1, 0.15) is 46.1 Å². The first-order valence-corrected chi connectivity index (χ1v) is 8.90. The molecule has 0 spiro atoms. The van der Waals surface area contributed by atoms with Gasteiger partial charge in [-0.05, 0) is 52.3 Å². The number of rotatable bonds is 5. The van der Waals surface area contributed by atoms with E-state index in [0.717, 1.165) is 0 Å². The van der Waals surface area contributed by atoms with Gasteiger partial charge in [-0.25, -0.2) is 4.79 Å². The summed E-state index contributed by atoms with van der Waals surface area (Å²) in [6, 6.07) is 3.42. The molecule has 1 heterocycles. The Labute approximate surface area is 161 Å². The molecular formula is C18H24ClF2NO5. The van der Waals surface area contributed by atoms with Gasteiger partial charge in [0.2, 0.25) is 0 Å². The Balaban J connectivity index is 2.29. The number of amides is 1. The molecule has 0 bridgehead atoms. The molecule has 1 aromatic carbocycles. The highest BCUT2D eigenvalue weighted by Gasteiger charge is 2.47. The molecule has 27 heavy (non-hydrogen) atoms. The molecule has 1 aliphatic heterocycles. The molecule has 3 atom stereocenters. The van der Waals surface area contributed by atoms with E-state index in [0.29, 0.717) is 6.42 Å². The van der Waals surface area contributed by atoms with Crippen molar-refractivity contribution < 1.29 is 33.3 Å². The van der Waals surface area contributed by atoms with Crippen molar-refractivity contribution in [2.75, 3.05) is 0 Å². The molecule has 152 valence electrons. The minimum atomic E-state index is -3.09. The average molecular weight is 408 g/mol. The monoisotopic (exact) mass is 407 g/mol. The maximum Gasteiger partial charge on any atom is 0.408 e. The first-order valence-electron chi connectivity index (χ1n) is 8.52. The molecule has 1 amide bonds. The van der Waals surface area contributed by atoms with Crippen molar-refractivity contribution in [1.29, 1.82) is 0 Å². The molecule has 1 aliphatic rings. The summed E-state index contributed by atoms with van der Waals surface area (Å²) < 4.78 is 35.7. The molecular weight excluding hydrogens is 384 g/mol. The molecule has 6 nitrogen and oxygen atoms in total. The van der Waals surface area contributed by atoms with Gasteiger partial charge < -0.3 is 19.7 Å². The van der Waals surface area contributed by atoms with E-state index < -0.39 is 36.2 Å². The molecule has 1 aromatic rings. The van der Waals surface area contributed by atoms with Gasteiger partial charge in [-0.2, -0.15) is 8.78 Å². The van der Waals surface area contributed by atoms with E-state index in [1.54, 1.807) is 27.7 Å². The number of carboxylic acid groups (broad SMARTS) is 1. The van der Waals surface area contributed by atoms with Crippen LogP contribution in [0.5, 0.6) is 5.75 Å². The Morgan fingerprint density at radius 2 is 2.07 bits per heavy atom. The number of benzene rings is 1. The zero-order chi connectivity index (χ0) is 20.6. The van der Waals surface area contributed by atoms with Gasteiger partial charge in [0.05, 0.1) is 17.7 Å². The third-order valence-corrected chi connectivity index (χ3v) is 4.80. The Hall–Kier alpha value is -1.64.